The van der Waals surface area contributed by atoms with Gasteiger partial charge in [-0.3, -0.25) is 4.79 Å². The molecule has 0 aromatic heterocycles. The van der Waals surface area contributed by atoms with Crippen LogP contribution in [0.25, 0.3) is 0 Å². The molecule has 4 heteroatoms. The molecule has 1 aromatic rings. The molecule has 1 aromatic carbocycles. The maximum absolute atomic E-state index is 12.0. The second kappa shape index (κ2) is 5.87. The molecular weight excluding hydrogens is 242 g/mol. The first-order chi connectivity index (χ1) is 9.08. The number of amides is 2. The van der Waals surface area contributed by atoms with E-state index >= 15 is 0 Å². The average molecular weight is 261 g/mol. The van der Waals surface area contributed by atoms with E-state index in [2.05, 4.69) is 0 Å². The summed E-state index contributed by atoms with van der Waals surface area (Å²) in [7, 11) is 0. The van der Waals surface area contributed by atoms with E-state index in [0.29, 0.717) is 12.3 Å². The summed E-state index contributed by atoms with van der Waals surface area (Å²) in [5, 5.41) is 0. The third-order valence-electron chi connectivity index (χ3n) is 3.38. The number of rotatable bonds is 2. The van der Waals surface area contributed by atoms with Crippen LogP contribution in [0, 0.1) is 5.92 Å². The van der Waals surface area contributed by atoms with Gasteiger partial charge in [0, 0.05) is 12.5 Å². The summed E-state index contributed by atoms with van der Waals surface area (Å²) < 4.78 is 5.21. The van der Waals surface area contributed by atoms with Gasteiger partial charge in [-0.2, -0.15) is 0 Å². The van der Waals surface area contributed by atoms with Gasteiger partial charge >= 0.3 is 6.09 Å². The summed E-state index contributed by atoms with van der Waals surface area (Å²) in [5.74, 6) is 0.199. The smallest absolute Gasteiger partial charge is 0.417 e. The lowest BCUT2D eigenvalue weighted by Crippen LogP contribution is -2.48. The SMILES string of the molecule is CC1CC(=O)N(C(=O)OCc2ccccc2)C(C)C1. The number of hydrogen-bond donors (Lipinski definition) is 0. The highest BCUT2D eigenvalue weighted by Gasteiger charge is 2.34. The molecule has 1 fully saturated rings. The predicted molar refractivity (Wildman–Crippen MR) is 71.3 cm³/mol. The first kappa shape index (κ1) is 13.6. The van der Waals surface area contributed by atoms with Crippen LogP contribution in [-0.2, 0) is 16.1 Å². The molecule has 2 unspecified atom stereocenters. The van der Waals surface area contributed by atoms with Gasteiger partial charge in [-0.25, -0.2) is 9.69 Å². The Bertz CT molecular complexity index is 458. The van der Waals surface area contributed by atoms with E-state index in [9.17, 15) is 9.59 Å². The number of carbonyl (C=O) groups is 2. The van der Waals surface area contributed by atoms with E-state index < -0.39 is 6.09 Å². The van der Waals surface area contributed by atoms with Crippen molar-refractivity contribution in [1.29, 1.82) is 0 Å². The molecule has 0 aliphatic carbocycles. The minimum Gasteiger partial charge on any atom is -0.444 e. The van der Waals surface area contributed by atoms with Crippen LogP contribution in [0.2, 0.25) is 0 Å². The molecule has 1 heterocycles. The van der Waals surface area contributed by atoms with Crippen LogP contribution < -0.4 is 0 Å². The molecule has 1 aliphatic heterocycles. The number of likely N-dealkylation sites (tertiary alicyclic amines) is 1. The maximum Gasteiger partial charge on any atom is 0.417 e. The molecule has 0 spiro atoms. The van der Waals surface area contributed by atoms with Gasteiger partial charge in [0.2, 0.25) is 5.91 Å². The monoisotopic (exact) mass is 261 g/mol. The summed E-state index contributed by atoms with van der Waals surface area (Å²) in [6, 6.07) is 9.37. The summed E-state index contributed by atoms with van der Waals surface area (Å²) in [6.45, 7) is 4.12. The van der Waals surface area contributed by atoms with Crippen molar-refractivity contribution < 1.29 is 14.3 Å². The Morgan fingerprint density at radius 1 is 1.32 bits per heavy atom. The maximum atomic E-state index is 12.0. The Morgan fingerprint density at radius 2 is 2.00 bits per heavy atom. The zero-order valence-electron chi connectivity index (χ0n) is 11.3. The predicted octanol–water partition coefficient (Wildman–Crippen LogP) is 2.97. The topological polar surface area (TPSA) is 46.6 Å². The summed E-state index contributed by atoms with van der Waals surface area (Å²) in [4.78, 5) is 25.1. The number of carbonyl (C=O) groups excluding carboxylic acids is 2. The molecule has 2 atom stereocenters. The molecule has 0 radical (unpaired) electrons. The largest absolute Gasteiger partial charge is 0.444 e. The number of benzene rings is 1. The van der Waals surface area contributed by atoms with Crippen LogP contribution >= 0.6 is 0 Å². The molecule has 2 rings (SSSR count). The van der Waals surface area contributed by atoms with Crippen molar-refractivity contribution in [2.45, 2.75) is 39.3 Å². The van der Waals surface area contributed by atoms with Crippen LogP contribution in [0.5, 0.6) is 0 Å². The normalized spacial score (nSPS) is 23.3. The van der Waals surface area contributed by atoms with E-state index in [0.717, 1.165) is 12.0 Å². The lowest BCUT2D eigenvalue weighted by molar-refractivity contribution is -0.135. The molecule has 0 bridgehead atoms. The Hall–Kier alpha value is -1.84. The quantitative estimate of drug-likeness (QED) is 0.822. The van der Waals surface area contributed by atoms with Crippen molar-refractivity contribution in [3.05, 3.63) is 35.9 Å². The van der Waals surface area contributed by atoms with E-state index in [-0.39, 0.29) is 18.6 Å². The van der Waals surface area contributed by atoms with Gasteiger partial charge in [0.25, 0.3) is 0 Å². The van der Waals surface area contributed by atoms with Gasteiger partial charge in [-0.15, -0.1) is 0 Å². The van der Waals surface area contributed by atoms with Crippen molar-refractivity contribution in [2.24, 2.45) is 5.92 Å². The number of imide groups is 1. The van der Waals surface area contributed by atoms with Crippen molar-refractivity contribution in [3.8, 4) is 0 Å². The molecule has 1 saturated heterocycles. The van der Waals surface area contributed by atoms with Gasteiger partial charge in [0.1, 0.15) is 6.61 Å². The molecule has 19 heavy (non-hydrogen) atoms. The van der Waals surface area contributed by atoms with Gasteiger partial charge in [0.15, 0.2) is 0 Å². The van der Waals surface area contributed by atoms with Crippen LogP contribution in [0.1, 0.15) is 32.3 Å². The third kappa shape index (κ3) is 3.34. The Labute approximate surface area is 113 Å². The average Bonchev–Trinajstić information content (AvgIpc) is 2.36. The highest BCUT2D eigenvalue weighted by molar-refractivity contribution is 5.93. The van der Waals surface area contributed by atoms with Crippen LogP contribution in [-0.4, -0.2) is 22.9 Å². The molecular formula is C15H19NO3. The van der Waals surface area contributed by atoms with E-state index in [1.165, 1.54) is 4.90 Å². The molecule has 102 valence electrons. The van der Waals surface area contributed by atoms with Crippen LogP contribution in [0.3, 0.4) is 0 Å². The molecule has 2 amide bonds. The molecule has 0 saturated carbocycles. The lowest BCUT2D eigenvalue weighted by Gasteiger charge is -2.33. The number of piperidine rings is 1. The highest BCUT2D eigenvalue weighted by atomic mass is 16.6. The zero-order chi connectivity index (χ0) is 13.8. The van der Waals surface area contributed by atoms with E-state index in [1.54, 1.807) is 0 Å². The molecule has 0 N–H and O–H groups in total. The van der Waals surface area contributed by atoms with Gasteiger partial charge in [-0.1, -0.05) is 37.3 Å². The van der Waals surface area contributed by atoms with E-state index in [4.69, 9.17) is 4.74 Å². The van der Waals surface area contributed by atoms with Gasteiger partial charge in [0.05, 0.1) is 0 Å². The standard InChI is InChI=1S/C15H19NO3/c1-11-8-12(2)16(14(17)9-11)15(18)19-10-13-6-4-3-5-7-13/h3-7,11-12H,8-10H2,1-2H3. The van der Waals surface area contributed by atoms with Crippen LogP contribution in [0.15, 0.2) is 30.3 Å². The number of nitrogens with zero attached hydrogens (tertiary/aromatic N) is 1. The first-order valence-electron chi connectivity index (χ1n) is 6.60. The summed E-state index contributed by atoms with van der Waals surface area (Å²) in [5.41, 5.74) is 0.918. The second-order valence-corrected chi connectivity index (χ2v) is 5.20. The van der Waals surface area contributed by atoms with Gasteiger partial charge in [-0.05, 0) is 24.8 Å². The Balaban J connectivity index is 1.94. The van der Waals surface area contributed by atoms with E-state index in [1.807, 2.05) is 44.2 Å². The minimum absolute atomic E-state index is 0.0838. The van der Waals surface area contributed by atoms with Crippen molar-refractivity contribution in [3.63, 3.8) is 0 Å². The Morgan fingerprint density at radius 3 is 2.63 bits per heavy atom. The molecule has 1 aliphatic rings. The fourth-order valence-electron chi connectivity index (χ4n) is 2.48. The zero-order valence-corrected chi connectivity index (χ0v) is 11.3. The number of ether oxygens (including phenoxy) is 1. The second-order valence-electron chi connectivity index (χ2n) is 5.20. The fraction of sp³-hybridized carbons (Fsp3) is 0.467. The third-order valence-corrected chi connectivity index (χ3v) is 3.38. The highest BCUT2D eigenvalue weighted by Crippen LogP contribution is 2.24. The number of hydrogen-bond acceptors (Lipinski definition) is 3. The lowest BCUT2D eigenvalue weighted by atomic mass is 9.93. The van der Waals surface area contributed by atoms with Crippen LogP contribution in [0.4, 0.5) is 4.79 Å². The minimum atomic E-state index is -0.534. The summed E-state index contributed by atoms with van der Waals surface area (Å²) >= 11 is 0. The fourth-order valence-corrected chi connectivity index (χ4v) is 2.48. The van der Waals surface area contributed by atoms with Gasteiger partial charge < -0.3 is 4.74 Å². The Kier molecular flexibility index (Phi) is 4.20. The summed E-state index contributed by atoms with van der Waals surface area (Å²) in [6.07, 6.45) is 0.727. The van der Waals surface area contributed by atoms with Crippen molar-refractivity contribution >= 4 is 12.0 Å². The van der Waals surface area contributed by atoms with Crippen molar-refractivity contribution in [1.82, 2.24) is 4.90 Å². The molecule has 4 nitrogen and oxygen atoms in total. The van der Waals surface area contributed by atoms with Crippen molar-refractivity contribution in [2.75, 3.05) is 0 Å². The first-order valence-corrected chi connectivity index (χ1v) is 6.60.